The highest BCUT2D eigenvalue weighted by Gasteiger charge is 2.29. The minimum atomic E-state index is -0.871. The molecule has 13 heteroatoms. The number of ether oxygens (including phenoxy) is 2. The van der Waals surface area contributed by atoms with Crippen molar-refractivity contribution in [2.45, 2.75) is 64.5 Å². The van der Waals surface area contributed by atoms with E-state index in [2.05, 4.69) is 26.3 Å². The Morgan fingerprint density at radius 2 is 1.62 bits per heavy atom. The van der Waals surface area contributed by atoms with Crippen molar-refractivity contribution >= 4 is 35.3 Å². The maximum atomic E-state index is 14.9. The van der Waals surface area contributed by atoms with Crippen molar-refractivity contribution in [3.8, 4) is 11.5 Å². The summed E-state index contributed by atoms with van der Waals surface area (Å²) in [4.78, 5) is 53.5. The number of amides is 5. The molecule has 1 aromatic heterocycles. The van der Waals surface area contributed by atoms with E-state index in [1.165, 1.54) is 54.9 Å². The van der Waals surface area contributed by atoms with Crippen molar-refractivity contribution in [3.63, 3.8) is 0 Å². The van der Waals surface area contributed by atoms with E-state index in [9.17, 15) is 28.0 Å². The fraction of sp³-hybridized carbons (Fsp3) is 0.344. The second-order valence-corrected chi connectivity index (χ2v) is 11.6. The number of aromatic nitrogens is 1. The van der Waals surface area contributed by atoms with E-state index in [0.717, 1.165) is 6.07 Å². The lowest BCUT2D eigenvalue weighted by Gasteiger charge is -2.29. The van der Waals surface area contributed by atoms with Crippen LogP contribution in [0.1, 0.15) is 52.0 Å². The smallest absolute Gasteiger partial charge is 0.407 e. The minimum absolute atomic E-state index is 0.0620. The summed E-state index contributed by atoms with van der Waals surface area (Å²) in [5, 5.41) is 10.2. The normalized spacial score (nSPS) is 16.2. The van der Waals surface area contributed by atoms with Gasteiger partial charge in [-0.1, -0.05) is 12.1 Å². The number of pyridine rings is 1. The van der Waals surface area contributed by atoms with Gasteiger partial charge in [0.1, 0.15) is 17.1 Å². The zero-order chi connectivity index (χ0) is 32.6. The molecule has 0 saturated heterocycles. The Bertz CT molecular complexity index is 1540. The van der Waals surface area contributed by atoms with Gasteiger partial charge in [0.15, 0.2) is 17.3 Å². The monoisotopic (exact) mass is 623 g/mol. The van der Waals surface area contributed by atoms with Gasteiger partial charge >= 0.3 is 12.1 Å². The van der Waals surface area contributed by atoms with Gasteiger partial charge in [-0.15, -0.1) is 0 Å². The molecule has 4 N–H and O–H groups in total. The molecule has 0 aliphatic heterocycles. The Kier molecular flexibility index (Phi) is 10.7. The number of nitrogens with one attached hydrogen (secondary N) is 4. The quantitative estimate of drug-likeness (QED) is 0.238. The fourth-order valence-electron chi connectivity index (χ4n) is 4.67. The summed E-state index contributed by atoms with van der Waals surface area (Å²) in [6, 6.07) is 9.47. The third kappa shape index (κ3) is 10.3. The number of urea groups is 1. The van der Waals surface area contributed by atoms with Gasteiger partial charge in [0.05, 0.1) is 12.6 Å². The second-order valence-electron chi connectivity index (χ2n) is 11.6. The molecule has 5 amide bonds. The van der Waals surface area contributed by atoms with E-state index in [4.69, 9.17) is 9.47 Å². The molecular weight excluding hydrogens is 588 g/mol. The third-order valence-electron chi connectivity index (χ3n) is 6.80. The predicted molar refractivity (Wildman–Crippen MR) is 162 cm³/mol. The molecule has 0 unspecified atom stereocenters. The first-order chi connectivity index (χ1) is 21.3. The SMILES string of the molecule is CC(C)(C)OC(=O)NC1CCC(C(=O)Nc2cnccc2Oc2ccc(NC(=O)NC(=O)Cc3ccc(F)cc3)cc2F)CC1. The number of nitrogens with zero attached hydrogens (tertiary/aromatic N) is 1. The Balaban J connectivity index is 1.29. The van der Waals surface area contributed by atoms with Crippen molar-refractivity contribution in [1.29, 1.82) is 0 Å². The number of imide groups is 1. The number of halogens is 2. The highest BCUT2D eigenvalue weighted by molar-refractivity contribution is 6.01. The summed E-state index contributed by atoms with van der Waals surface area (Å²) < 4.78 is 39.0. The van der Waals surface area contributed by atoms with Crippen LogP contribution in [0.4, 0.5) is 29.7 Å². The summed E-state index contributed by atoms with van der Waals surface area (Å²) in [5.74, 6) is -2.45. The first-order valence-electron chi connectivity index (χ1n) is 14.4. The Morgan fingerprint density at radius 1 is 0.911 bits per heavy atom. The van der Waals surface area contributed by atoms with Crippen LogP contribution in [0, 0.1) is 17.6 Å². The molecule has 1 aliphatic rings. The molecule has 0 bridgehead atoms. The molecular formula is C32H35F2N5O6. The fourth-order valence-corrected chi connectivity index (χ4v) is 4.67. The first-order valence-corrected chi connectivity index (χ1v) is 14.4. The summed E-state index contributed by atoms with van der Waals surface area (Å²) in [7, 11) is 0. The Labute approximate surface area is 259 Å². The van der Waals surface area contributed by atoms with Crippen LogP contribution >= 0.6 is 0 Å². The number of hydrogen-bond acceptors (Lipinski definition) is 7. The molecule has 0 spiro atoms. The van der Waals surface area contributed by atoms with E-state index in [-0.39, 0.29) is 47.2 Å². The molecule has 1 heterocycles. The third-order valence-corrected chi connectivity index (χ3v) is 6.80. The van der Waals surface area contributed by atoms with Crippen LogP contribution in [-0.2, 0) is 20.7 Å². The highest BCUT2D eigenvalue weighted by Crippen LogP contribution is 2.33. The number of rotatable bonds is 8. The van der Waals surface area contributed by atoms with Gasteiger partial charge in [0, 0.05) is 36.0 Å². The van der Waals surface area contributed by atoms with Gasteiger partial charge in [0.25, 0.3) is 0 Å². The van der Waals surface area contributed by atoms with Gasteiger partial charge in [-0.3, -0.25) is 19.9 Å². The van der Waals surface area contributed by atoms with Crippen molar-refractivity contribution in [2.75, 3.05) is 10.6 Å². The van der Waals surface area contributed by atoms with Crippen LogP contribution in [0.25, 0.3) is 0 Å². The summed E-state index contributed by atoms with van der Waals surface area (Å²) in [6.07, 6.45) is 4.52. The average molecular weight is 624 g/mol. The largest absolute Gasteiger partial charge is 0.452 e. The maximum absolute atomic E-state index is 14.9. The van der Waals surface area contributed by atoms with Crippen LogP contribution in [0.15, 0.2) is 60.9 Å². The zero-order valence-electron chi connectivity index (χ0n) is 25.1. The molecule has 1 fully saturated rings. The molecule has 1 aliphatic carbocycles. The number of anilines is 2. The van der Waals surface area contributed by atoms with E-state index >= 15 is 0 Å². The summed E-state index contributed by atoms with van der Waals surface area (Å²) >= 11 is 0. The van der Waals surface area contributed by atoms with Crippen molar-refractivity contribution in [2.24, 2.45) is 5.92 Å². The standard InChI is InChI=1S/C32H35F2N5O6/c1-32(2,3)45-31(43)37-22-10-6-20(7-11-22)29(41)38-25-18-35-15-14-27(25)44-26-13-12-23(17-24(26)34)36-30(42)39-28(40)16-19-4-8-21(33)9-5-19/h4-5,8-9,12-15,17-18,20,22H,6-7,10-11,16H2,1-3H3,(H,37,43)(H,38,41)(H2,36,39,40,42). The van der Waals surface area contributed by atoms with Crippen LogP contribution in [0.2, 0.25) is 0 Å². The van der Waals surface area contributed by atoms with Gasteiger partial charge in [0.2, 0.25) is 11.8 Å². The number of benzene rings is 2. The van der Waals surface area contributed by atoms with Crippen molar-refractivity contribution in [3.05, 3.63) is 78.1 Å². The van der Waals surface area contributed by atoms with E-state index in [1.807, 2.05) is 0 Å². The molecule has 1 saturated carbocycles. The van der Waals surface area contributed by atoms with Crippen LogP contribution in [0.5, 0.6) is 11.5 Å². The summed E-state index contributed by atoms with van der Waals surface area (Å²) in [6.45, 7) is 5.37. The molecule has 238 valence electrons. The molecule has 0 radical (unpaired) electrons. The second kappa shape index (κ2) is 14.6. The van der Waals surface area contributed by atoms with Crippen LogP contribution in [-0.4, -0.2) is 40.6 Å². The molecule has 45 heavy (non-hydrogen) atoms. The number of alkyl carbamates (subject to hydrolysis) is 1. The number of hydrogen-bond donors (Lipinski definition) is 4. The topological polar surface area (TPSA) is 148 Å². The predicted octanol–water partition coefficient (Wildman–Crippen LogP) is 6.06. The van der Waals surface area contributed by atoms with Gasteiger partial charge in [-0.2, -0.15) is 0 Å². The first kappa shape index (κ1) is 32.8. The summed E-state index contributed by atoms with van der Waals surface area (Å²) in [5.41, 5.74) is 0.225. The maximum Gasteiger partial charge on any atom is 0.407 e. The molecule has 2 aromatic carbocycles. The Hall–Kier alpha value is -5.07. The highest BCUT2D eigenvalue weighted by atomic mass is 19.1. The van der Waals surface area contributed by atoms with E-state index in [1.54, 1.807) is 20.8 Å². The van der Waals surface area contributed by atoms with Gasteiger partial charge in [-0.25, -0.2) is 18.4 Å². The van der Waals surface area contributed by atoms with Crippen LogP contribution in [0.3, 0.4) is 0 Å². The lowest BCUT2D eigenvalue weighted by molar-refractivity contribution is -0.121. The number of carbonyl (C=O) groups is 4. The Morgan fingerprint density at radius 3 is 2.29 bits per heavy atom. The van der Waals surface area contributed by atoms with E-state index < -0.39 is 35.3 Å². The van der Waals surface area contributed by atoms with Gasteiger partial charge < -0.3 is 25.4 Å². The van der Waals surface area contributed by atoms with Gasteiger partial charge in [-0.05, 0) is 76.3 Å². The lowest BCUT2D eigenvalue weighted by atomic mass is 9.85. The molecule has 11 nitrogen and oxygen atoms in total. The number of carbonyl (C=O) groups excluding carboxylic acids is 4. The van der Waals surface area contributed by atoms with Crippen LogP contribution < -0.4 is 26.0 Å². The van der Waals surface area contributed by atoms with Crippen molar-refractivity contribution < 1.29 is 37.4 Å². The zero-order valence-corrected chi connectivity index (χ0v) is 25.1. The average Bonchev–Trinajstić information content (AvgIpc) is 2.96. The molecule has 4 rings (SSSR count). The lowest BCUT2D eigenvalue weighted by Crippen LogP contribution is -2.42. The minimum Gasteiger partial charge on any atom is -0.452 e. The van der Waals surface area contributed by atoms with Crippen molar-refractivity contribution in [1.82, 2.24) is 15.6 Å². The molecule has 3 aromatic rings. The van der Waals surface area contributed by atoms with E-state index in [0.29, 0.717) is 31.2 Å². The molecule has 0 atom stereocenters.